The molecule has 218 valence electrons. The molecule has 1 N–H and O–H groups in total. The van der Waals surface area contributed by atoms with Gasteiger partial charge in [0.15, 0.2) is 5.02 Å². The maximum Gasteiger partial charge on any atom is 0.410 e. The van der Waals surface area contributed by atoms with Gasteiger partial charge in [0.05, 0.1) is 24.2 Å². The summed E-state index contributed by atoms with van der Waals surface area (Å²) in [7, 11) is 1.15. The Morgan fingerprint density at radius 3 is 2.38 bits per heavy atom. The van der Waals surface area contributed by atoms with Crippen molar-refractivity contribution in [1.29, 1.82) is 0 Å². The van der Waals surface area contributed by atoms with Gasteiger partial charge in [0, 0.05) is 25.7 Å². The predicted molar refractivity (Wildman–Crippen MR) is 147 cm³/mol. The normalized spacial score (nSPS) is 10.8. The fourth-order valence-corrected chi connectivity index (χ4v) is 3.61. The molecule has 0 aliphatic carbocycles. The molecule has 2 aromatic rings. The lowest BCUT2D eigenvalue weighted by atomic mass is 10.2. The molecular weight excluding hydrogens is 546 g/mol. The third-order valence-corrected chi connectivity index (χ3v) is 5.58. The Kier molecular flexibility index (Phi) is 12.5. The molecular formula is C27H34ClN3O9. The summed E-state index contributed by atoms with van der Waals surface area (Å²) in [5.74, 6) is -0.840. The maximum atomic E-state index is 12.8. The monoisotopic (exact) mass is 579 g/mol. The van der Waals surface area contributed by atoms with Gasteiger partial charge in [-0.15, -0.1) is 0 Å². The lowest BCUT2D eigenvalue weighted by Crippen LogP contribution is -2.37. The number of amides is 2. The number of hydrogen-bond donors (Lipinski definition) is 1. The van der Waals surface area contributed by atoms with Crippen molar-refractivity contribution in [2.24, 2.45) is 0 Å². The minimum atomic E-state index is -0.781. The van der Waals surface area contributed by atoms with E-state index in [0.717, 1.165) is 18.7 Å². The number of nitro groups is 1. The fourth-order valence-electron chi connectivity index (χ4n) is 3.37. The Bertz CT molecular complexity index is 1170. The highest BCUT2D eigenvalue weighted by molar-refractivity contribution is 6.34. The minimum Gasteiger partial charge on any atom is -0.492 e. The van der Waals surface area contributed by atoms with Crippen molar-refractivity contribution in [3.63, 3.8) is 0 Å². The molecule has 40 heavy (non-hydrogen) atoms. The zero-order valence-electron chi connectivity index (χ0n) is 22.9. The molecule has 0 aromatic heterocycles. The van der Waals surface area contributed by atoms with Gasteiger partial charge in [0.25, 0.3) is 5.69 Å². The number of carbonyl (C=O) groups excluding carboxylic acids is 3. The van der Waals surface area contributed by atoms with Crippen molar-refractivity contribution in [2.45, 2.75) is 45.8 Å². The Labute approximate surface area is 237 Å². The number of methoxy groups -OCH3 is 1. The number of rotatable bonds is 13. The van der Waals surface area contributed by atoms with Crippen molar-refractivity contribution < 1.29 is 38.3 Å². The number of ether oxygens (including phenoxy) is 4. The lowest BCUT2D eigenvalue weighted by Gasteiger charge is -2.23. The van der Waals surface area contributed by atoms with E-state index in [1.807, 2.05) is 30.3 Å². The minimum absolute atomic E-state index is 0.0279. The van der Waals surface area contributed by atoms with Crippen LogP contribution in [0.3, 0.4) is 0 Å². The number of hydrogen-bond acceptors (Lipinski definition) is 9. The smallest absolute Gasteiger partial charge is 0.410 e. The highest BCUT2D eigenvalue weighted by Crippen LogP contribution is 2.35. The third-order valence-electron chi connectivity index (χ3n) is 5.20. The first-order valence-electron chi connectivity index (χ1n) is 12.5. The van der Waals surface area contributed by atoms with Gasteiger partial charge in [-0.05, 0) is 45.2 Å². The van der Waals surface area contributed by atoms with Crippen LogP contribution < -0.4 is 10.1 Å². The molecule has 0 saturated carbocycles. The molecule has 0 aliphatic heterocycles. The van der Waals surface area contributed by atoms with Gasteiger partial charge < -0.3 is 29.2 Å². The second-order valence-electron chi connectivity index (χ2n) is 9.57. The van der Waals surface area contributed by atoms with Crippen LogP contribution >= 0.6 is 11.6 Å². The topological polar surface area (TPSA) is 147 Å². The highest BCUT2D eigenvalue weighted by atomic mass is 35.5. The molecule has 2 rings (SSSR count). The fraction of sp³-hybridized carbons (Fsp3) is 0.444. The second-order valence-corrected chi connectivity index (χ2v) is 9.95. The molecule has 0 radical (unpaired) electrons. The van der Waals surface area contributed by atoms with Crippen molar-refractivity contribution >= 4 is 35.4 Å². The van der Waals surface area contributed by atoms with Gasteiger partial charge in [-0.1, -0.05) is 41.9 Å². The van der Waals surface area contributed by atoms with E-state index in [-0.39, 0.29) is 49.2 Å². The quantitative estimate of drug-likeness (QED) is 0.109. The Morgan fingerprint density at radius 1 is 1.07 bits per heavy atom. The zero-order valence-corrected chi connectivity index (χ0v) is 23.7. The highest BCUT2D eigenvalue weighted by Gasteiger charge is 2.23. The summed E-state index contributed by atoms with van der Waals surface area (Å²) in [4.78, 5) is 48.7. The van der Waals surface area contributed by atoms with Gasteiger partial charge in [-0.25, -0.2) is 14.4 Å². The number of carbonyl (C=O) groups is 3. The molecule has 0 atom stereocenters. The molecule has 0 heterocycles. The molecule has 2 aromatic carbocycles. The summed E-state index contributed by atoms with van der Waals surface area (Å²) in [6, 6.07) is 11.5. The van der Waals surface area contributed by atoms with E-state index in [2.05, 4.69) is 10.1 Å². The largest absolute Gasteiger partial charge is 0.492 e. The third kappa shape index (κ3) is 11.0. The molecule has 0 spiro atoms. The van der Waals surface area contributed by atoms with E-state index < -0.39 is 34.4 Å². The number of nitrogens with zero attached hydrogens (tertiary/aromatic N) is 2. The summed E-state index contributed by atoms with van der Waals surface area (Å²) in [5, 5.41) is 13.7. The van der Waals surface area contributed by atoms with Crippen LogP contribution in [0.25, 0.3) is 0 Å². The molecule has 0 unspecified atom stereocenters. The summed E-state index contributed by atoms with van der Waals surface area (Å²) in [6.45, 7) is 6.16. The Balaban J connectivity index is 1.99. The van der Waals surface area contributed by atoms with Crippen LogP contribution in [0.4, 0.5) is 15.3 Å². The number of benzene rings is 2. The van der Waals surface area contributed by atoms with Gasteiger partial charge in [-0.2, -0.15) is 0 Å². The number of nitro benzene ring substituents is 1. The van der Waals surface area contributed by atoms with Crippen LogP contribution in [-0.4, -0.2) is 66.9 Å². The molecule has 12 nitrogen and oxygen atoms in total. The number of halogens is 1. The maximum absolute atomic E-state index is 12.8. The molecule has 0 bridgehead atoms. The first kappa shape index (κ1) is 32.2. The van der Waals surface area contributed by atoms with E-state index in [0.29, 0.717) is 12.8 Å². The van der Waals surface area contributed by atoms with E-state index in [1.165, 1.54) is 11.0 Å². The van der Waals surface area contributed by atoms with E-state index >= 15 is 0 Å². The van der Waals surface area contributed by atoms with E-state index in [1.54, 1.807) is 20.8 Å². The van der Waals surface area contributed by atoms with Crippen molar-refractivity contribution in [3.8, 4) is 5.75 Å². The molecule has 2 amide bonds. The first-order chi connectivity index (χ1) is 18.9. The van der Waals surface area contributed by atoms with E-state index in [9.17, 15) is 24.5 Å². The summed E-state index contributed by atoms with van der Waals surface area (Å²) < 4.78 is 20.9. The lowest BCUT2D eigenvalue weighted by molar-refractivity contribution is -0.384. The van der Waals surface area contributed by atoms with E-state index in [4.69, 9.17) is 25.8 Å². The summed E-state index contributed by atoms with van der Waals surface area (Å²) in [6.07, 6.45) is -0.367. The van der Waals surface area contributed by atoms with Gasteiger partial charge in [-0.3, -0.25) is 10.1 Å². The number of esters is 1. The van der Waals surface area contributed by atoms with Crippen LogP contribution in [0.1, 0.15) is 49.5 Å². The van der Waals surface area contributed by atoms with Gasteiger partial charge in [0.1, 0.15) is 18.0 Å². The van der Waals surface area contributed by atoms with Crippen LogP contribution in [0.15, 0.2) is 42.5 Å². The van der Waals surface area contributed by atoms with Crippen molar-refractivity contribution in [3.05, 3.63) is 68.7 Å². The average Bonchev–Trinajstić information content (AvgIpc) is 2.90. The Morgan fingerprint density at radius 2 is 1.75 bits per heavy atom. The SMILES string of the molecule is COC(=O)c1cc(OCCCN(CCCNC(=O)OC(C)(C)C)C(=O)OCc2ccccc2)c(Cl)c([N+](=O)[O-])c1. The first-order valence-corrected chi connectivity index (χ1v) is 12.9. The van der Waals surface area contributed by atoms with Crippen LogP contribution in [0.5, 0.6) is 5.75 Å². The average molecular weight is 580 g/mol. The standard InChI is InChI=1S/C27H34ClN3O9/c1-27(2,3)40-25(33)29-12-8-13-30(26(34)39-18-19-10-6-5-7-11-19)14-9-15-38-22-17-20(24(32)37-4)16-21(23(22)28)31(35)36/h5-7,10-11,16-17H,8-9,12-15,18H2,1-4H3,(H,29,33). The second kappa shape index (κ2) is 15.5. The van der Waals surface area contributed by atoms with Crippen LogP contribution in [0.2, 0.25) is 5.02 Å². The van der Waals surface area contributed by atoms with Crippen LogP contribution in [-0.2, 0) is 20.8 Å². The Hall–Kier alpha value is -4.06. The van der Waals surface area contributed by atoms with Crippen molar-refractivity contribution in [2.75, 3.05) is 33.4 Å². The van der Waals surface area contributed by atoms with Crippen LogP contribution in [0, 0.1) is 10.1 Å². The molecule has 13 heteroatoms. The zero-order chi connectivity index (χ0) is 29.7. The van der Waals surface area contributed by atoms with Crippen molar-refractivity contribution in [1.82, 2.24) is 10.2 Å². The van der Waals surface area contributed by atoms with Gasteiger partial charge >= 0.3 is 18.2 Å². The number of alkyl carbamates (subject to hydrolysis) is 1. The molecule has 0 aliphatic rings. The number of nitrogens with one attached hydrogen (secondary N) is 1. The van der Waals surface area contributed by atoms with Gasteiger partial charge in [0.2, 0.25) is 0 Å². The summed E-state index contributed by atoms with van der Waals surface area (Å²) >= 11 is 6.12. The molecule has 0 fully saturated rings. The summed E-state index contributed by atoms with van der Waals surface area (Å²) in [5.41, 5.74) is -0.385. The molecule has 0 saturated heterocycles. The predicted octanol–water partition coefficient (Wildman–Crippen LogP) is 5.36.